The quantitative estimate of drug-likeness (QED) is 0.767. The molecule has 6 heteroatoms. The maximum atomic E-state index is 12.2. The zero-order valence-electron chi connectivity index (χ0n) is 14.0. The summed E-state index contributed by atoms with van der Waals surface area (Å²) in [5.74, 6) is -0.0822. The van der Waals surface area contributed by atoms with Gasteiger partial charge in [0.15, 0.2) is 0 Å². The lowest BCUT2D eigenvalue weighted by Gasteiger charge is -2.17. The molecule has 4 N–H and O–H groups in total. The molecule has 0 saturated carbocycles. The van der Waals surface area contributed by atoms with Crippen LogP contribution in [0, 0.1) is 0 Å². The highest BCUT2D eigenvalue weighted by Gasteiger charge is 2.20. The van der Waals surface area contributed by atoms with Crippen molar-refractivity contribution in [3.63, 3.8) is 0 Å². The molecule has 3 rings (SSSR count). The van der Waals surface area contributed by atoms with E-state index in [4.69, 9.17) is 5.73 Å². The first-order valence-electron chi connectivity index (χ1n) is 8.05. The number of anilines is 1. The largest absolute Gasteiger partial charge is 0.350 e. The molecule has 2 aromatic rings. The highest BCUT2D eigenvalue weighted by molar-refractivity contribution is 5.99. The molecule has 0 bridgehead atoms. The van der Waals surface area contributed by atoms with Gasteiger partial charge in [0, 0.05) is 18.2 Å². The second kappa shape index (κ2) is 8.14. The van der Waals surface area contributed by atoms with E-state index in [1.807, 2.05) is 55.5 Å². The molecule has 25 heavy (non-hydrogen) atoms. The monoisotopic (exact) mass is 359 g/mol. The van der Waals surface area contributed by atoms with Crippen molar-refractivity contribution in [1.82, 2.24) is 5.32 Å². The summed E-state index contributed by atoms with van der Waals surface area (Å²) < 4.78 is 0. The maximum Gasteiger partial charge on any atom is 0.228 e. The van der Waals surface area contributed by atoms with Crippen molar-refractivity contribution in [1.29, 1.82) is 0 Å². The summed E-state index contributed by atoms with van der Waals surface area (Å²) in [5, 5.41) is 5.78. The van der Waals surface area contributed by atoms with Crippen molar-refractivity contribution in [3.05, 3.63) is 65.2 Å². The molecule has 1 heterocycles. The Morgan fingerprint density at radius 1 is 1.20 bits per heavy atom. The molecule has 1 aliphatic heterocycles. The van der Waals surface area contributed by atoms with Gasteiger partial charge in [-0.25, -0.2) is 0 Å². The lowest BCUT2D eigenvalue weighted by atomic mass is 10.0. The Hall–Kier alpha value is -2.37. The van der Waals surface area contributed by atoms with Gasteiger partial charge in [0.25, 0.3) is 0 Å². The van der Waals surface area contributed by atoms with Crippen molar-refractivity contribution in [3.8, 4) is 0 Å². The minimum atomic E-state index is -0.319. The molecule has 0 saturated heterocycles. The smallest absolute Gasteiger partial charge is 0.228 e. The molecule has 2 atom stereocenters. The van der Waals surface area contributed by atoms with E-state index in [9.17, 15) is 9.59 Å². The van der Waals surface area contributed by atoms with Gasteiger partial charge >= 0.3 is 0 Å². The van der Waals surface area contributed by atoms with Gasteiger partial charge in [0.2, 0.25) is 11.8 Å². The van der Waals surface area contributed by atoms with Gasteiger partial charge in [-0.3, -0.25) is 9.59 Å². The molecular weight excluding hydrogens is 338 g/mol. The van der Waals surface area contributed by atoms with Crippen LogP contribution in [0.3, 0.4) is 0 Å². The minimum absolute atomic E-state index is 0. The van der Waals surface area contributed by atoms with Crippen LogP contribution in [0.5, 0.6) is 0 Å². The zero-order valence-corrected chi connectivity index (χ0v) is 14.8. The first-order valence-corrected chi connectivity index (χ1v) is 8.05. The van der Waals surface area contributed by atoms with Crippen LogP contribution in [-0.2, 0) is 16.0 Å². The summed E-state index contributed by atoms with van der Waals surface area (Å²) in [4.78, 5) is 23.7. The van der Waals surface area contributed by atoms with E-state index in [0.29, 0.717) is 6.42 Å². The molecule has 0 aromatic heterocycles. The summed E-state index contributed by atoms with van der Waals surface area (Å²) in [6.45, 7) is 1.93. The maximum absolute atomic E-state index is 12.2. The third-order valence-corrected chi connectivity index (χ3v) is 4.26. The van der Waals surface area contributed by atoms with E-state index < -0.39 is 0 Å². The molecule has 0 radical (unpaired) electrons. The molecule has 5 nitrogen and oxygen atoms in total. The number of fused-ring (bicyclic) bond motifs is 1. The highest BCUT2D eigenvalue weighted by atomic mass is 35.5. The molecule has 0 fully saturated rings. The van der Waals surface area contributed by atoms with Crippen molar-refractivity contribution in [2.45, 2.75) is 31.8 Å². The molecular formula is C19H22ClN3O2. The summed E-state index contributed by atoms with van der Waals surface area (Å²) in [6, 6.07) is 14.9. The molecule has 1 aliphatic rings. The molecule has 2 aromatic carbocycles. The standard InChI is InChI=1S/C19H21N3O2.ClH/c1-12(14-7-8-17-15(9-14)10-18(23)22-17)21-19(24)11-16(20)13-5-3-2-4-6-13;/h2-9,12,16H,10-11,20H2,1H3,(H,21,24)(H,22,23);1H. The minimum Gasteiger partial charge on any atom is -0.350 e. The molecule has 132 valence electrons. The van der Waals surface area contributed by atoms with Gasteiger partial charge in [-0.2, -0.15) is 0 Å². The highest BCUT2D eigenvalue weighted by Crippen LogP contribution is 2.26. The molecule has 0 spiro atoms. The fourth-order valence-corrected chi connectivity index (χ4v) is 2.92. The first kappa shape index (κ1) is 19.0. The molecule has 0 aliphatic carbocycles. The Balaban J connectivity index is 0.00000225. The summed E-state index contributed by atoms with van der Waals surface area (Å²) in [7, 11) is 0. The fourth-order valence-electron chi connectivity index (χ4n) is 2.92. The first-order chi connectivity index (χ1) is 11.5. The van der Waals surface area contributed by atoms with Crippen molar-refractivity contribution in [2.75, 3.05) is 5.32 Å². The fraction of sp³-hybridized carbons (Fsp3) is 0.263. The van der Waals surface area contributed by atoms with E-state index in [0.717, 1.165) is 22.4 Å². The number of benzene rings is 2. The van der Waals surface area contributed by atoms with Crippen molar-refractivity contribution in [2.24, 2.45) is 5.73 Å². The number of hydrogen-bond acceptors (Lipinski definition) is 3. The van der Waals surface area contributed by atoms with Crippen molar-refractivity contribution < 1.29 is 9.59 Å². The summed E-state index contributed by atoms with van der Waals surface area (Å²) >= 11 is 0. The Morgan fingerprint density at radius 2 is 1.92 bits per heavy atom. The van der Waals surface area contributed by atoms with E-state index in [1.54, 1.807) is 0 Å². The third kappa shape index (κ3) is 4.59. The predicted octanol–water partition coefficient (Wildman–Crippen LogP) is 2.87. The van der Waals surface area contributed by atoms with Gasteiger partial charge < -0.3 is 16.4 Å². The van der Waals surface area contributed by atoms with E-state index in [1.165, 1.54) is 0 Å². The second-order valence-corrected chi connectivity index (χ2v) is 6.15. The van der Waals surface area contributed by atoms with Crippen LogP contribution >= 0.6 is 12.4 Å². The average molecular weight is 360 g/mol. The number of amides is 2. The van der Waals surface area contributed by atoms with Crippen LogP contribution in [0.1, 0.15) is 42.1 Å². The van der Waals surface area contributed by atoms with Crippen LogP contribution in [0.2, 0.25) is 0 Å². The van der Waals surface area contributed by atoms with Crippen molar-refractivity contribution >= 4 is 29.9 Å². The van der Waals surface area contributed by atoms with Gasteiger partial charge in [-0.15, -0.1) is 12.4 Å². The lowest BCUT2D eigenvalue weighted by Crippen LogP contribution is -2.29. The van der Waals surface area contributed by atoms with Crippen LogP contribution in [0.4, 0.5) is 5.69 Å². The Labute approximate surface area is 153 Å². The number of carbonyl (C=O) groups excluding carboxylic acids is 2. The van der Waals surface area contributed by atoms with Gasteiger partial charge in [0.05, 0.1) is 12.5 Å². The number of hydrogen-bond donors (Lipinski definition) is 3. The topological polar surface area (TPSA) is 84.2 Å². The van der Waals surface area contributed by atoms with E-state index in [-0.39, 0.29) is 42.7 Å². The zero-order chi connectivity index (χ0) is 17.1. The average Bonchev–Trinajstić information content (AvgIpc) is 2.94. The number of nitrogens with two attached hydrogens (primary N) is 1. The van der Waals surface area contributed by atoms with Crippen LogP contribution in [0.15, 0.2) is 48.5 Å². The second-order valence-electron chi connectivity index (χ2n) is 6.15. The van der Waals surface area contributed by atoms with Gasteiger partial charge in [-0.05, 0) is 29.7 Å². The molecule has 2 unspecified atom stereocenters. The van der Waals surface area contributed by atoms with Crippen LogP contribution in [0.25, 0.3) is 0 Å². The Morgan fingerprint density at radius 3 is 2.64 bits per heavy atom. The number of halogens is 1. The third-order valence-electron chi connectivity index (χ3n) is 4.26. The van der Waals surface area contributed by atoms with Crippen LogP contribution < -0.4 is 16.4 Å². The van der Waals surface area contributed by atoms with Crippen LogP contribution in [-0.4, -0.2) is 11.8 Å². The number of nitrogens with one attached hydrogen (secondary N) is 2. The Bertz CT molecular complexity index is 765. The normalized spacial score (nSPS) is 14.7. The SMILES string of the molecule is CC(NC(=O)CC(N)c1ccccc1)c1ccc2c(c1)CC(=O)N2.Cl. The number of rotatable bonds is 5. The molecule has 2 amide bonds. The van der Waals surface area contributed by atoms with E-state index >= 15 is 0 Å². The predicted molar refractivity (Wildman–Crippen MR) is 101 cm³/mol. The van der Waals surface area contributed by atoms with Gasteiger partial charge in [0.1, 0.15) is 0 Å². The number of carbonyl (C=O) groups is 2. The summed E-state index contributed by atoms with van der Waals surface area (Å²) in [5.41, 5.74) is 9.84. The Kier molecular flexibility index (Phi) is 6.17. The van der Waals surface area contributed by atoms with E-state index in [2.05, 4.69) is 10.6 Å². The lowest BCUT2D eigenvalue weighted by molar-refractivity contribution is -0.122. The summed E-state index contributed by atoms with van der Waals surface area (Å²) in [6.07, 6.45) is 0.627. The van der Waals surface area contributed by atoms with Gasteiger partial charge in [-0.1, -0.05) is 42.5 Å².